The van der Waals surface area contributed by atoms with Crippen LogP contribution in [0, 0.1) is 0 Å². The van der Waals surface area contributed by atoms with Gasteiger partial charge in [-0.05, 0) is 31.4 Å². The van der Waals surface area contributed by atoms with Crippen molar-refractivity contribution < 1.29 is 9.21 Å². The maximum atomic E-state index is 12.5. The summed E-state index contributed by atoms with van der Waals surface area (Å²) in [5, 5.41) is 3.63. The number of aliphatic imine (C=N–C) groups is 1. The Labute approximate surface area is 124 Å². The van der Waals surface area contributed by atoms with Gasteiger partial charge < -0.3 is 9.73 Å². The zero-order valence-corrected chi connectivity index (χ0v) is 12.0. The number of carbonyl (C=O) groups is 1. The molecule has 1 N–H and O–H groups in total. The maximum absolute atomic E-state index is 12.5. The smallest absolute Gasteiger partial charge is 0.166 e. The lowest BCUT2D eigenvalue weighted by molar-refractivity contribution is -0.116. The average molecular weight is 284 g/mol. The molecule has 4 rings (SSSR count). The third-order valence-corrected chi connectivity index (χ3v) is 4.94. The normalized spacial score (nSPS) is 32.2. The molecule has 110 valence electrons. The van der Waals surface area contributed by atoms with Gasteiger partial charge in [0.25, 0.3) is 0 Å². The highest BCUT2D eigenvalue weighted by atomic mass is 16.3. The minimum Gasteiger partial charge on any atom is -0.469 e. The van der Waals surface area contributed by atoms with E-state index in [0.717, 1.165) is 36.3 Å². The summed E-state index contributed by atoms with van der Waals surface area (Å²) in [4.78, 5) is 17.1. The van der Waals surface area contributed by atoms with Gasteiger partial charge >= 0.3 is 0 Å². The molecule has 4 nitrogen and oxygen atoms in total. The molecule has 2 aliphatic carbocycles. The first-order valence-corrected chi connectivity index (χ1v) is 7.91. The third-order valence-electron chi connectivity index (χ3n) is 4.94. The molecule has 1 aromatic heterocycles. The van der Waals surface area contributed by atoms with Gasteiger partial charge in [0.1, 0.15) is 5.76 Å². The number of hydrogen-bond donors (Lipinski definition) is 1. The monoisotopic (exact) mass is 284 g/mol. The zero-order chi connectivity index (χ0) is 14.2. The molecule has 0 saturated heterocycles. The largest absolute Gasteiger partial charge is 0.469 e. The molecule has 3 atom stereocenters. The van der Waals surface area contributed by atoms with Gasteiger partial charge in [0.05, 0.1) is 17.9 Å². The van der Waals surface area contributed by atoms with Gasteiger partial charge in [-0.2, -0.15) is 0 Å². The van der Waals surface area contributed by atoms with E-state index in [1.807, 2.05) is 18.3 Å². The summed E-state index contributed by atoms with van der Waals surface area (Å²) in [5.74, 6) is 1.26. The number of allylic oxidation sites excluding steroid dienone is 2. The molecule has 0 radical (unpaired) electrons. The minimum atomic E-state index is 0.160. The van der Waals surface area contributed by atoms with E-state index < -0.39 is 0 Å². The Kier molecular flexibility index (Phi) is 3.17. The number of hydrogen-bond acceptors (Lipinski definition) is 4. The van der Waals surface area contributed by atoms with Crippen molar-refractivity contribution in [3.63, 3.8) is 0 Å². The quantitative estimate of drug-likeness (QED) is 0.862. The summed E-state index contributed by atoms with van der Waals surface area (Å²) in [5.41, 5.74) is 1.87. The number of carbonyl (C=O) groups excluding carboxylic acids is 1. The fraction of sp³-hybridized carbons (Fsp3) is 0.529. The van der Waals surface area contributed by atoms with E-state index >= 15 is 0 Å². The number of Topliss-reactive ketones (excluding diaryl/α,β-unsaturated/α-hetero) is 1. The summed E-state index contributed by atoms with van der Waals surface area (Å²) in [6, 6.07) is 4.59. The molecule has 1 aromatic rings. The van der Waals surface area contributed by atoms with E-state index in [2.05, 4.69) is 10.3 Å². The van der Waals surface area contributed by atoms with Crippen LogP contribution in [0.4, 0.5) is 0 Å². The molecule has 1 fully saturated rings. The Balaban J connectivity index is 1.63. The molecule has 0 aromatic carbocycles. The van der Waals surface area contributed by atoms with Gasteiger partial charge in [-0.15, -0.1) is 0 Å². The van der Waals surface area contributed by atoms with Crippen LogP contribution in [0.2, 0.25) is 0 Å². The van der Waals surface area contributed by atoms with Crippen LogP contribution in [-0.4, -0.2) is 24.1 Å². The molecule has 0 bridgehead atoms. The van der Waals surface area contributed by atoms with Crippen LogP contribution in [0.15, 0.2) is 39.1 Å². The molecule has 0 unspecified atom stereocenters. The predicted octanol–water partition coefficient (Wildman–Crippen LogP) is 2.97. The lowest BCUT2D eigenvalue weighted by Crippen LogP contribution is -2.41. The molecular formula is C17H20N2O2. The Morgan fingerprint density at radius 1 is 1.24 bits per heavy atom. The van der Waals surface area contributed by atoms with Gasteiger partial charge in [-0.3, -0.25) is 9.79 Å². The van der Waals surface area contributed by atoms with Crippen molar-refractivity contribution >= 4 is 12.0 Å². The second-order valence-electron chi connectivity index (χ2n) is 6.32. The summed E-state index contributed by atoms with van der Waals surface area (Å²) < 4.78 is 5.50. The second kappa shape index (κ2) is 5.17. The predicted molar refractivity (Wildman–Crippen MR) is 80.4 cm³/mol. The van der Waals surface area contributed by atoms with Crippen LogP contribution >= 0.6 is 0 Å². The number of nitrogens with zero attached hydrogens (tertiary/aromatic N) is 1. The van der Waals surface area contributed by atoms with Crippen molar-refractivity contribution in [3.05, 3.63) is 35.4 Å². The Hall–Kier alpha value is -1.84. The van der Waals surface area contributed by atoms with Crippen LogP contribution in [0.3, 0.4) is 0 Å². The highest BCUT2D eigenvalue weighted by molar-refractivity contribution is 6.15. The van der Waals surface area contributed by atoms with Crippen molar-refractivity contribution in [2.45, 2.75) is 56.5 Å². The highest BCUT2D eigenvalue weighted by Crippen LogP contribution is 2.35. The first-order valence-electron chi connectivity index (χ1n) is 7.91. The SMILES string of the molecule is O=C1C[C@H](c2ccco2)CC2=C1C=N[C@H]1CCCC[C@@H]1N2. The van der Waals surface area contributed by atoms with Crippen molar-refractivity contribution in [1.82, 2.24) is 5.32 Å². The molecule has 1 aliphatic heterocycles. The summed E-state index contributed by atoms with van der Waals surface area (Å²) in [7, 11) is 0. The van der Waals surface area contributed by atoms with Crippen molar-refractivity contribution in [1.29, 1.82) is 0 Å². The first kappa shape index (κ1) is 12.9. The van der Waals surface area contributed by atoms with Gasteiger partial charge in [-0.25, -0.2) is 0 Å². The van der Waals surface area contributed by atoms with E-state index in [4.69, 9.17) is 4.42 Å². The van der Waals surface area contributed by atoms with Gasteiger partial charge in [-0.1, -0.05) is 12.8 Å². The average Bonchev–Trinajstić information content (AvgIpc) is 2.95. The maximum Gasteiger partial charge on any atom is 0.166 e. The number of nitrogens with one attached hydrogen (secondary N) is 1. The van der Waals surface area contributed by atoms with Crippen LogP contribution in [0.1, 0.15) is 50.2 Å². The molecule has 21 heavy (non-hydrogen) atoms. The van der Waals surface area contributed by atoms with E-state index in [0.29, 0.717) is 18.5 Å². The minimum absolute atomic E-state index is 0.160. The van der Waals surface area contributed by atoms with E-state index in [-0.39, 0.29) is 11.7 Å². The van der Waals surface area contributed by atoms with Gasteiger partial charge in [0.2, 0.25) is 0 Å². The fourth-order valence-electron chi connectivity index (χ4n) is 3.79. The third kappa shape index (κ3) is 2.33. The summed E-state index contributed by atoms with van der Waals surface area (Å²) in [6.07, 6.45) is 9.67. The summed E-state index contributed by atoms with van der Waals surface area (Å²) >= 11 is 0. The molecule has 3 aliphatic rings. The highest BCUT2D eigenvalue weighted by Gasteiger charge is 2.34. The topological polar surface area (TPSA) is 54.6 Å². The molecule has 1 saturated carbocycles. The van der Waals surface area contributed by atoms with E-state index in [1.54, 1.807) is 6.26 Å². The van der Waals surface area contributed by atoms with Crippen molar-refractivity contribution in [3.8, 4) is 0 Å². The van der Waals surface area contributed by atoms with Gasteiger partial charge in [0.15, 0.2) is 5.78 Å². The number of furan rings is 1. The Morgan fingerprint density at radius 2 is 2.14 bits per heavy atom. The lowest BCUT2D eigenvalue weighted by Gasteiger charge is -2.31. The van der Waals surface area contributed by atoms with Crippen LogP contribution in [-0.2, 0) is 4.79 Å². The van der Waals surface area contributed by atoms with Crippen molar-refractivity contribution in [2.24, 2.45) is 4.99 Å². The van der Waals surface area contributed by atoms with E-state index in [9.17, 15) is 4.79 Å². The number of rotatable bonds is 1. The fourth-order valence-corrected chi connectivity index (χ4v) is 3.79. The Bertz CT molecular complexity index is 600. The number of fused-ring (bicyclic) bond motifs is 1. The zero-order valence-electron chi connectivity index (χ0n) is 12.0. The molecule has 0 amide bonds. The molecule has 4 heteroatoms. The standard InChI is InChI=1S/C17H20N2O2/c20-16-9-11(17-6-3-7-21-17)8-15-12(16)10-18-13-4-1-2-5-14(13)19-15/h3,6-7,10-11,13-14,19H,1-2,4-5,8-9H2/t11-,13+,14+/m1/s1. The first-order chi connectivity index (χ1) is 10.3. The number of ketones is 1. The lowest BCUT2D eigenvalue weighted by atomic mass is 9.84. The molecule has 0 spiro atoms. The Morgan fingerprint density at radius 3 is 3.00 bits per heavy atom. The van der Waals surface area contributed by atoms with Gasteiger partial charge in [0, 0.05) is 30.3 Å². The molecule has 2 heterocycles. The van der Waals surface area contributed by atoms with Crippen LogP contribution in [0.5, 0.6) is 0 Å². The van der Waals surface area contributed by atoms with Crippen LogP contribution in [0.25, 0.3) is 0 Å². The second-order valence-corrected chi connectivity index (χ2v) is 6.32. The molecular weight excluding hydrogens is 264 g/mol. The van der Waals surface area contributed by atoms with Crippen molar-refractivity contribution in [2.75, 3.05) is 0 Å². The van der Waals surface area contributed by atoms with Crippen LogP contribution < -0.4 is 5.32 Å². The summed E-state index contributed by atoms with van der Waals surface area (Å²) in [6.45, 7) is 0. The van der Waals surface area contributed by atoms with E-state index in [1.165, 1.54) is 12.8 Å².